The zero-order valence-corrected chi connectivity index (χ0v) is 77.4. The van der Waals surface area contributed by atoms with Crippen LogP contribution >= 0.6 is 0 Å². The highest BCUT2D eigenvalue weighted by Gasteiger charge is 2.56. The van der Waals surface area contributed by atoms with Crippen molar-refractivity contribution in [3.8, 4) is 0 Å². The van der Waals surface area contributed by atoms with Crippen LogP contribution in [0.1, 0.15) is 66.8 Å². The van der Waals surface area contributed by atoms with Crippen LogP contribution in [0.3, 0.4) is 0 Å². The molecule has 8 aliphatic heterocycles. The summed E-state index contributed by atoms with van der Waals surface area (Å²) in [6.45, 7) is -1.32. The topological polar surface area (TPSA) is 542 Å². The highest BCUT2D eigenvalue weighted by molar-refractivity contribution is 6.12. The van der Waals surface area contributed by atoms with E-state index < -0.39 is 44.4 Å². The van der Waals surface area contributed by atoms with E-state index in [0.717, 1.165) is 66.8 Å². The van der Waals surface area contributed by atoms with Crippen molar-refractivity contribution in [3.05, 3.63) is 304 Å². The van der Waals surface area contributed by atoms with Gasteiger partial charge in [-0.3, -0.25) is 109 Å². The van der Waals surface area contributed by atoms with Gasteiger partial charge in [0, 0.05) is 96.3 Å². The predicted molar refractivity (Wildman–Crippen MR) is 528 cm³/mol. The molecule has 4 atom stereocenters. The third-order valence-electron chi connectivity index (χ3n) is 29.9. The molecule has 0 fully saturated rings. The summed E-state index contributed by atoms with van der Waals surface area (Å²) in [5, 5.41) is 28.4. The maximum atomic E-state index is 13.1. The normalized spacial score (nSPS) is 19.3. The quantitative estimate of drug-likeness (QED) is 0.0789. The number of carbonyl (C=O) groups excluding carboxylic acids is 12. The molecule has 4 spiro atoms. The van der Waals surface area contributed by atoms with Crippen molar-refractivity contribution in [2.24, 2.45) is 0 Å². The van der Waals surface area contributed by atoms with Gasteiger partial charge in [0.1, 0.15) is 86.7 Å². The highest BCUT2D eigenvalue weighted by atomic mass is 16.2. The van der Waals surface area contributed by atoms with Crippen molar-refractivity contribution >= 4 is 184 Å². The Kier molecular flexibility index (Phi) is 19.8. The van der Waals surface area contributed by atoms with Crippen LogP contribution in [-0.4, -0.2) is 161 Å². The second kappa shape index (κ2) is 32.7. The highest BCUT2D eigenvalue weighted by Crippen LogP contribution is 2.52. The van der Waals surface area contributed by atoms with Crippen LogP contribution in [0.15, 0.2) is 215 Å². The van der Waals surface area contributed by atoms with Crippen molar-refractivity contribution in [3.63, 3.8) is 0 Å². The van der Waals surface area contributed by atoms with E-state index in [0.29, 0.717) is 165 Å². The molecule has 16 aromatic rings. The number of likely N-dealkylation sites (N-methyl/N-ethyl adjacent to an activating group) is 2. The Morgan fingerprint density at radius 2 is 0.630 bits per heavy atom. The van der Waals surface area contributed by atoms with E-state index in [4.69, 9.17) is 0 Å². The Morgan fingerprint density at radius 3 is 1.03 bits per heavy atom. The Labute approximate surface area is 820 Å². The molecular formula is C102H80N28O16. The van der Waals surface area contributed by atoms with Crippen molar-refractivity contribution in [1.29, 1.82) is 0 Å². The lowest BCUT2D eigenvalue weighted by Gasteiger charge is -2.23. The molecule has 0 radical (unpaired) electrons. The summed E-state index contributed by atoms with van der Waals surface area (Å²) in [7, 11) is 3.25. The van der Waals surface area contributed by atoms with Crippen molar-refractivity contribution < 1.29 is 57.5 Å². The molecule has 28 rings (SSSR count). The molecule has 4 aliphatic carbocycles. The van der Waals surface area contributed by atoms with Gasteiger partial charge in [-0.05, 0) is 181 Å². The summed E-state index contributed by atoms with van der Waals surface area (Å²) >= 11 is 0. The number of imidazole rings is 4. The van der Waals surface area contributed by atoms with Crippen LogP contribution in [0.25, 0.3) is 44.1 Å². The number of anilines is 12. The van der Waals surface area contributed by atoms with Gasteiger partial charge in [0.25, 0.3) is 0 Å². The number of hydrogen-bond acceptors (Lipinski definition) is 24. The van der Waals surface area contributed by atoms with Crippen LogP contribution in [0.5, 0.6) is 0 Å². The minimum absolute atomic E-state index is 0.0610. The van der Waals surface area contributed by atoms with Gasteiger partial charge in [-0.15, -0.1) is 0 Å². The van der Waals surface area contributed by atoms with Gasteiger partial charge in [-0.2, -0.15) is 0 Å². The van der Waals surface area contributed by atoms with E-state index >= 15 is 0 Å². The number of hydrogen-bond donors (Lipinski definition) is 10. The van der Waals surface area contributed by atoms with Gasteiger partial charge in [-0.25, -0.2) is 49.1 Å². The average Bonchev–Trinajstić information content (AvgIpc) is 1.57. The molecule has 4 aromatic carbocycles. The monoisotopic (exact) mass is 1950 g/mol. The van der Waals surface area contributed by atoms with Crippen molar-refractivity contribution in [2.45, 2.75) is 125 Å². The fourth-order valence-electron chi connectivity index (χ4n) is 23.1. The third-order valence-corrected chi connectivity index (χ3v) is 29.9. The molecule has 146 heavy (non-hydrogen) atoms. The Bertz CT molecular complexity index is 8480. The molecule has 4 unspecified atom stereocenters. The average molecular weight is 1950 g/mol. The first-order chi connectivity index (χ1) is 70.6. The van der Waals surface area contributed by atoms with E-state index in [1.54, 1.807) is 69.2 Å². The third kappa shape index (κ3) is 13.8. The minimum atomic E-state index is -0.689. The second-order valence-electron chi connectivity index (χ2n) is 38.2. The summed E-state index contributed by atoms with van der Waals surface area (Å²) in [5.74, 6) is 0.219. The van der Waals surface area contributed by atoms with Crippen LogP contribution in [0, 0.1) is 0 Å². The van der Waals surface area contributed by atoms with Crippen LogP contribution in [0.2, 0.25) is 0 Å². The van der Waals surface area contributed by atoms with Crippen LogP contribution in [-0.2, 0) is 183 Å². The molecule has 12 aromatic heterocycles. The maximum Gasteiger partial charge on any atom is 0.330 e. The molecule has 0 bridgehead atoms. The zero-order chi connectivity index (χ0) is 100. The van der Waals surface area contributed by atoms with Gasteiger partial charge in [0.05, 0.1) is 90.9 Å². The van der Waals surface area contributed by atoms with Gasteiger partial charge >= 0.3 is 22.8 Å². The van der Waals surface area contributed by atoms with Gasteiger partial charge < -0.3 is 58.1 Å². The van der Waals surface area contributed by atoms with Crippen LogP contribution in [0.4, 0.5) is 69.0 Å². The molecule has 20 heterocycles. The predicted octanol–water partition coefficient (Wildman–Crippen LogP) is 4.74. The number of amides is 12. The minimum Gasteiger partial charge on any atom is -0.325 e. The standard InChI is InChI=1S/2C26H21N7O4.2C25H19N7O4/c1-31-20(35)13-33-21-18(6-8-28-23(21)31)32(25(33)37)12-19(34)29-16-5-4-14-10-26(11-15(14)9-16)17-3-2-7-27-22(17)30-24(26)36;1-31-18-10-27-11-19-22(18)33(13-21(31)35)25(37)32(19)12-20(34)29-16-5-4-14-8-26(9-15(14)7-16)17-3-2-6-28-23(17)30-24(26)36;33-18(11-31-17-5-7-27-22-20(17)32(24(31)36)12-19(34)29-22)28-15-4-3-13-9-25(10-14(13)8-15)16-2-1-6-26-21(16)30-23(25)35;33-19(11-31-18-10-26-9-17-21(18)32(24(31)36)12-20(34)29-17)28-15-4-3-13-7-25(8-14(13)6-15)16-2-1-5-27-22(16)30-23(25)35/h2-9H,10-13H2,1H3,(H,29,34)(H,27,30,36);2-7,10-11H,8-9,12-13H2,1H3,(H,29,34)(H,28,30,36);1-8H,9-12H2,(H,28,33)(H,26,30,35)(H,27,29,34);1-6,9-10H,7-8,11-12H2,(H,28,33)(H,29,34)(H,27,30,35). The van der Waals surface area contributed by atoms with E-state index in [-0.39, 0.29) is 123 Å². The first-order valence-electron chi connectivity index (χ1n) is 46.7. The molecular weight excluding hydrogens is 1870 g/mol. The summed E-state index contributed by atoms with van der Waals surface area (Å²) in [4.78, 5) is 241. The number of nitrogens with one attached hydrogen (secondary N) is 10. The molecule has 724 valence electrons. The second-order valence-corrected chi connectivity index (χ2v) is 38.2. The summed E-state index contributed by atoms with van der Waals surface area (Å²) < 4.78 is 10.8. The maximum absolute atomic E-state index is 13.1. The van der Waals surface area contributed by atoms with E-state index in [1.165, 1.54) is 83.5 Å². The summed E-state index contributed by atoms with van der Waals surface area (Å²) in [6.07, 6.45) is 20.0. The molecule has 0 saturated heterocycles. The summed E-state index contributed by atoms with van der Waals surface area (Å²) in [6, 6.07) is 40.9. The number of aromatic nitrogens is 16. The van der Waals surface area contributed by atoms with E-state index in [9.17, 15) is 76.7 Å². The lowest BCUT2D eigenvalue weighted by Crippen LogP contribution is -2.38. The number of carbonyl (C=O) groups is 12. The largest absolute Gasteiger partial charge is 0.330 e. The van der Waals surface area contributed by atoms with E-state index in [1.807, 2.05) is 103 Å². The van der Waals surface area contributed by atoms with Crippen molar-refractivity contribution in [2.75, 3.05) is 77.1 Å². The number of rotatable bonds is 12. The van der Waals surface area contributed by atoms with Gasteiger partial charge in [0.2, 0.25) is 70.9 Å². The molecule has 44 heteroatoms. The van der Waals surface area contributed by atoms with E-state index in [2.05, 4.69) is 93.0 Å². The number of nitrogens with zero attached hydrogens (tertiary/aromatic N) is 18. The van der Waals surface area contributed by atoms with Crippen LogP contribution < -0.4 is 85.7 Å². The molecule has 0 saturated carbocycles. The first-order valence-corrected chi connectivity index (χ1v) is 46.7. The SMILES string of the molecule is CN1C(=O)Cn2c(=O)n(CC(=O)Nc3ccc4c(c3)CC3(C4)C(=O)Nc4ncccc43)c3ccnc1c32.CN1C(=O)Cn2c(=O)n(CC(=O)Nc3ccc4c(c3)CC3(C4)C(=O)Nc4ncccc43)c3cncc1c32.O=C(Cn1c(=O)n2c3c(cncc31)NC(=O)C2)Nc1ccc2c(c1)CC1(C2)C(=O)Nc2ncccc21.O=C(Cn1c(=O)n2c3c(nccc31)NC(=O)C2)Nc1ccc2c(c1)CC1(C2)C(=O)Nc2ncccc21. The Morgan fingerprint density at radius 1 is 0.308 bits per heavy atom. The zero-order valence-electron chi connectivity index (χ0n) is 77.4. The Hall–Kier alpha value is -19.2. The molecule has 12 amide bonds. The lowest BCUT2D eigenvalue weighted by molar-refractivity contribution is -0.121. The molecule has 44 nitrogen and oxygen atoms in total. The lowest BCUT2D eigenvalue weighted by atomic mass is 9.79. The number of benzene rings is 4. The molecule has 12 aliphatic rings. The van der Waals surface area contributed by atoms with Gasteiger partial charge in [-0.1, -0.05) is 48.5 Å². The number of pyridine rings is 8. The smallest absolute Gasteiger partial charge is 0.325 e. The first kappa shape index (κ1) is 88.2. The Balaban J connectivity index is 0.000000102. The molecule has 10 N–H and O–H groups in total. The van der Waals surface area contributed by atoms with Crippen molar-refractivity contribution in [1.82, 2.24) is 76.4 Å². The summed E-state index contributed by atoms with van der Waals surface area (Å²) in [5.41, 5.74) is 14.7. The number of fused-ring (bicyclic) bond motifs is 12. The fraction of sp³-hybridized carbons (Fsp3) is 0.216. The fourth-order valence-corrected chi connectivity index (χ4v) is 23.1. The van der Waals surface area contributed by atoms with Gasteiger partial charge in [0.15, 0.2) is 11.6 Å².